The van der Waals surface area contributed by atoms with Crippen LogP contribution in [0.25, 0.3) is 0 Å². The van der Waals surface area contributed by atoms with E-state index in [2.05, 4.69) is 10.4 Å². The molecule has 0 aliphatic heterocycles. The van der Waals surface area contributed by atoms with Crippen molar-refractivity contribution in [3.63, 3.8) is 0 Å². The number of aromatic hydroxyl groups is 1. The van der Waals surface area contributed by atoms with Crippen molar-refractivity contribution in [2.45, 2.75) is 26.4 Å². The van der Waals surface area contributed by atoms with E-state index in [1.807, 2.05) is 42.9 Å². The lowest BCUT2D eigenvalue weighted by atomic mass is 10.1. The van der Waals surface area contributed by atoms with Gasteiger partial charge in [-0.25, -0.2) is 0 Å². The molecule has 0 bridgehead atoms. The minimum absolute atomic E-state index is 0.126. The van der Waals surface area contributed by atoms with Crippen LogP contribution in [0.5, 0.6) is 5.75 Å². The maximum Gasteiger partial charge on any atom is 0.120 e. The van der Waals surface area contributed by atoms with Gasteiger partial charge < -0.3 is 10.4 Å². The van der Waals surface area contributed by atoms with Gasteiger partial charge in [0.05, 0.1) is 6.54 Å². The molecule has 0 amide bonds. The maximum absolute atomic E-state index is 9.89. The van der Waals surface area contributed by atoms with Gasteiger partial charge in [-0.1, -0.05) is 12.1 Å². The summed E-state index contributed by atoms with van der Waals surface area (Å²) in [5.74, 6) is 0.356. The van der Waals surface area contributed by atoms with Crippen molar-refractivity contribution in [3.05, 3.63) is 47.8 Å². The summed E-state index contributed by atoms with van der Waals surface area (Å²) in [6, 6.07) is 7.81. The first-order chi connectivity index (χ1) is 8.66. The molecule has 0 aliphatic rings. The average Bonchev–Trinajstić information content (AvgIpc) is 2.81. The lowest BCUT2D eigenvalue weighted by Gasteiger charge is -2.16. The van der Waals surface area contributed by atoms with Crippen molar-refractivity contribution >= 4 is 0 Å². The Balaban J connectivity index is 1.89. The zero-order chi connectivity index (χ0) is 13.0. The van der Waals surface area contributed by atoms with Gasteiger partial charge in [0.1, 0.15) is 5.75 Å². The Kier molecular flexibility index (Phi) is 3.99. The average molecular weight is 245 g/mol. The number of rotatable bonds is 5. The van der Waals surface area contributed by atoms with E-state index in [1.165, 1.54) is 0 Å². The molecule has 0 fully saturated rings. The Hall–Kier alpha value is -1.81. The van der Waals surface area contributed by atoms with E-state index in [0.717, 1.165) is 24.2 Å². The number of aromatic nitrogens is 2. The normalized spacial score (nSPS) is 12.6. The standard InChI is InChI=1S/C14H19N3O/c1-11-4-5-13(14(18)10-11)12(2)15-7-9-17-8-3-6-16-17/h3-6,8,10,12,15,18H,7,9H2,1-2H3. The Morgan fingerprint density at radius 1 is 1.44 bits per heavy atom. The van der Waals surface area contributed by atoms with E-state index in [1.54, 1.807) is 12.3 Å². The largest absolute Gasteiger partial charge is 0.508 e. The molecule has 1 unspecified atom stereocenters. The predicted octanol–water partition coefficient (Wildman–Crippen LogP) is 2.25. The summed E-state index contributed by atoms with van der Waals surface area (Å²) in [7, 11) is 0. The van der Waals surface area contributed by atoms with E-state index in [4.69, 9.17) is 0 Å². The van der Waals surface area contributed by atoms with Crippen LogP contribution >= 0.6 is 0 Å². The number of phenols is 1. The van der Waals surface area contributed by atoms with Crippen molar-refractivity contribution in [1.29, 1.82) is 0 Å². The van der Waals surface area contributed by atoms with Gasteiger partial charge in [-0.05, 0) is 31.5 Å². The molecule has 0 spiro atoms. The summed E-state index contributed by atoms with van der Waals surface area (Å²) in [5.41, 5.74) is 2.00. The first-order valence-electron chi connectivity index (χ1n) is 6.17. The third-order valence-electron chi connectivity index (χ3n) is 3.00. The molecular weight excluding hydrogens is 226 g/mol. The van der Waals surface area contributed by atoms with Crippen LogP contribution in [0.1, 0.15) is 24.1 Å². The minimum Gasteiger partial charge on any atom is -0.508 e. The second kappa shape index (κ2) is 5.69. The maximum atomic E-state index is 9.89. The third-order valence-corrected chi connectivity index (χ3v) is 3.00. The lowest BCUT2D eigenvalue weighted by Crippen LogP contribution is -2.23. The van der Waals surface area contributed by atoms with Crippen LogP contribution in [0.3, 0.4) is 0 Å². The number of phenolic OH excluding ortho intramolecular Hbond substituents is 1. The van der Waals surface area contributed by atoms with Gasteiger partial charge in [-0.15, -0.1) is 0 Å². The number of hydrogen-bond acceptors (Lipinski definition) is 3. The molecule has 4 nitrogen and oxygen atoms in total. The van der Waals surface area contributed by atoms with Crippen LogP contribution in [0.4, 0.5) is 0 Å². The molecule has 96 valence electrons. The fourth-order valence-electron chi connectivity index (χ4n) is 1.96. The molecule has 0 saturated heterocycles. The highest BCUT2D eigenvalue weighted by Gasteiger charge is 2.09. The van der Waals surface area contributed by atoms with Crippen LogP contribution < -0.4 is 5.32 Å². The number of aryl methyl sites for hydroxylation is 1. The summed E-state index contributed by atoms with van der Waals surface area (Å²) in [6.07, 6.45) is 3.71. The van der Waals surface area contributed by atoms with Crippen molar-refractivity contribution in [3.8, 4) is 5.75 Å². The molecule has 0 saturated carbocycles. The summed E-state index contributed by atoms with van der Waals surface area (Å²) in [5, 5.41) is 17.4. The minimum atomic E-state index is 0.126. The predicted molar refractivity (Wildman–Crippen MR) is 71.5 cm³/mol. The summed E-state index contributed by atoms with van der Waals surface area (Å²) < 4.78 is 1.88. The van der Waals surface area contributed by atoms with Gasteiger partial charge in [0.2, 0.25) is 0 Å². The molecule has 1 aromatic heterocycles. The first-order valence-corrected chi connectivity index (χ1v) is 6.17. The molecule has 2 aromatic rings. The highest BCUT2D eigenvalue weighted by Crippen LogP contribution is 2.24. The van der Waals surface area contributed by atoms with Crippen LogP contribution in [0.15, 0.2) is 36.7 Å². The van der Waals surface area contributed by atoms with Crippen LogP contribution in [-0.2, 0) is 6.54 Å². The zero-order valence-electron chi connectivity index (χ0n) is 10.8. The Labute approximate surface area is 107 Å². The fraction of sp³-hybridized carbons (Fsp3) is 0.357. The quantitative estimate of drug-likeness (QED) is 0.849. The van der Waals surface area contributed by atoms with Crippen molar-refractivity contribution in [2.75, 3.05) is 6.54 Å². The van der Waals surface area contributed by atoms with Crippen molar-refractivity contribution in [2.24, 2.45) is 0 Å². The zero-order valence-corrected chi connectivity index (χ0v) is 10.8. The molecule has 2 N–H and O–H groups in total. The van der Waals surface area contributed by atoms with E-state index >= 15 is 0 Å². The Morgan fingerprint density at radius 3 is 2.94 bits per heavy atom. The molecule has 1 heterocycles. The second-order valence-electron chi connectivity index (χ2n) is 4.51. The summed E-state index contributed by atoms with van der Waals surface area (Å²) >= 11 is 0. The second-order valence-corrected chi connectivity index (χ2v) is 4.51. The molecule has 0 radical (unpaired) electrons. The number of nitrogens with zero attached hydrogens (tertiary/aromatic N) is 2. The van der Waals surface area contributed by atoms with E-state index in [9.17, 15) is 5.11 Å². The SMILES string of the molecule is Cc1ccc(C(C)NCCn2cccn2)c(O)c1. The third kappa shape index (κ3) is 3.11. The smallest absolute Gasteiger partial charge is 0.120 e. The lowest BCUT2D eigenvalue weighted by molar-refractivity contribution is 0.446. The van der Waals surface area contributed by atoms with E-state index in [0.29, 0.717) is 5.75 Å². The van der Waals surface area contributed by atoms with Crippen LogP contribution in [-0.4, -0.2) is 21.4 Å². The molecule has 1 aromatic carbocycles. The molecule has 0 aliphatic carbocycles. The van der Waals surface area contributed by atoms with E-state index in [-0.39, 0.29) is 6.04 Å². The van der Waals surface area contributed by atoms with Gasteiger partial charge >= 0.3 is 0 Å². The molecule has 2 rings (SSSR count). The Morgan fingerprint density at radius 2 is 2.28 bits per heavy atom. The molecule has 18 heavy (non-hydrogen) atoms. The van der Waals surface area contributed by atoms with E-state index < -0.39 is 0 Å². The fourth-order valence-corrected chi connectivity index (χ4v) is 1.96. The monoisotopic (exact) mass is 245 g/mol. The van der Waals surface area contributed by atoms with Gasteiger partial charge in [0.25, 0.3) is 0 Å². The highest BCUT2D eigenvalue weighted by atomic mass is 16.3. The van der Waals surface area contributed by atoms with Crippen molar-refractivity contribution < 1.29 is 5.11 Å². The highest BCUT2D eigenvalue weighted by molar-refractivity contribution is 5.37. The van der Waals surface area contributed by atoms with Gasteiger partial charge in [-0.2, -0.15) is 5.10 Å². The van der Waals surface area contributed by atoms with Gasteiger partial charge in [-0.3, -0.25) is 4.68 Å². The molecular formula is C14H19N3O. The van der Waals surface area contributed by atoms with Crippen molar-refractivity contribution in [1.82, 2.24) is 15.1 Å². The molecule has 1 atom stereocenters. The number of nitrogens with one attached hydrogen (secondary N) is 1. The number of benzene rings is 1. The van der Waals surface area contributed by atoms with Crippen LogP contribution in [0, 0.1) is 6.92 Å². The summed E-state index contributed by atoms with van der Waals surface area (Å²) in [4.78, 5) is 0. The Bertz CT molecular complexity index is 494. The molecule has 4 heteroatoms. The topological polar surface area (TPSA) is 50.1 Å². The number of hydrogen-bond donors (Lipinski definition) is 2. The van der Waals surface area contributed by atoms with Crippen LogP contribution in [0.2, 0.25) is 0 Å². The van der Waals surface area contributed by atoms with Gasteiger partial charge in [0.15, 0.2) is 0 Å². The summed E-state index contributed by atoms with van der Waals surface area (Å²) in [6.45, 7) is 5.66. The van der Waals surface area contributed by atoms with Gasteiger partial charge in [0, 0.05) is 30.5 Å². The first kappa shape index (κ1) is 12.6.